The van der Waals surface area contributed by atoms with E-state index in [2.05, 4.69) is 12.2 Å². The molecule has 0 spiro atoms. The quantitative estimate of drug-likeness (QED) is 0.673. The third-order valence-electron chi connectivity index (χ3n) is 4.22. The number of unbranched alkanes of at least 4 members (excludes halogenated alkanes) is 1. The predicted molar refractivity (Wildman–Crippen MR) is 76.3 cm³/mol. The zero-order chi connectivity index (χ0) is 14.3. The molecule has 2 atom stereocenters. The van der Waals surface area contributed by atoms with Crippen LogP contribution in [-0.4, -0.2) is 18.4 Å². The molecule has 3 N–H and O–H groups in total. The minimum Gasteiger partial charge on any atom is -0.369 e. The molecule has 1 unspecified atom stereocenters. The Bertz CT molecular complexity index is 301. The van der Waals surface area contributed by atoms with Gasteiger partial charge in [-0.2, -0.15) is 0 Å². The Morgan fingerprint density at radius 1 is 1.26 bits per heavy atom. The number of nitrogens with one attached hydrogen (secondary N) is 1. The lowest BCUT2D eigenvalue weighted by molar-refractivity contribution is -0.134. The zero-order valence-corrected chi connectivity index (χ0v) is 12.3. The molecule has 2 amide bonds. The summed E-state index contributed by atoms with van der Waals surface area (Å²) in [5, 5.41) is 2.86. The normalized spacial score (nSPS) is 18.4. The van der Waals surface area contributed by atoms with Gasteiger partial charge in [-0.05, 0) is 25.7 Å². The highest BCUT2D eigenvalue weighted by atomic mass is 16.2. The second kappa shape index (κ2) is 8.18. The number of hydrogen-bond acceptors (Lipinski definition) is 2. The van der Waals surface area contributed by atoms with E-state index < -0.39 is 0 Å². The molecule has 0 radical (unpaired) electrons. The summed E-state index contributed by atoms with van der Waals surface area (Å²) >= 11 is 0. The summed E-state index contributed by atoms with van der Waals surface area (Å²) in [6, 6.07) is 0. The Morgan fingerprint density at radius 3 is 2.37 bits per heavy atom. The maximum absolute atomic E-state index is 12.2. The molecule has 1 fully saturated rings. The Labute approximate surface area is 116 Å². The van der Waals surface area contributed by atoms with Crippen molar-refractivity contribution in [2.45, 2.75) is 58.8 Å². The SMILES string of the molecule is CCCC[C@H](C(N)=O)C(CC1CCC1)C(=O)NCC. The number of hydrogen-bond donors (Lipinski definition) is 2. The first-order valence-electron chi connectivity index (χ1n) is 7.67. The van der Waals surface area contributed by atoms with Crippen molar-refractivity contribution in [2.24, 2.45) is 23.5 Å². The van der Waals surface area contributed by atoms with E-state index >= 15 is 0 Å². The number of carbonyl (C=O) groups excluding carboxylic acids is 2. The van der Waals surface area contributed by atoms with E-state index in [1.165, 1.54) is 19.3 Å². The summed E-state index contributed by atoms with van der Waals surface area (Å²) in [4.78, 5) is 23.9. The van der Waals surface area contributed by atoms with E-state index in [1.54, 1.807) is 0 Å². The molecule has 4 heteroatoms. The van der Waals surface area contributed by atoms with Crippen LogP contribution in [0.3, 0.4) is 0 Å². The summed E-state index contributed by atoms with van der Waals surface area (Å²) in [5.41, 5.74) is 5.53. The van der Waals surface area contributed by atoms with E-state index in [0.717, 1.165) is 25.7 Å². The molecule has 0 aromatic rings. The lowest BCUT2D eigenvalue weighted by atomic mass is 9.74. The van der Waals surface area contributed by atoms with Crippen LogP contribution in [0.25, 0.3) is 0 Å². The third kappa shape index (κ3) is 4.84. The Balaban J connectivity index is 2.70. The average Bonchev–Trinajstić information content (AvgIpc) is 2.30. The first kappa shape index (κ1) is 16.0. The van der Waals surface area contributed by atoms with Crippen LogP contribution in [0.2, 0.25) is 0 Å². The van der Waals surface area contributed by atoms with E-state index in [-0.39, 0.29) is 23.7 Å². The fourth-order valence-corrected chi connectivity index (χ4v) is 2.81. The molecule has 0 heterocycles. The molecule has 4 nitrogen and oxygen atoms in total. The van der Waals surface area contributed by atoms with Crippen LogP contribution >= 0.6 is 0 Å². The average molecular weight is 268 g/mol. The number of primary amides is 1. The van der Waals surface area contributed by atoms with E-state index in [1.807, 2.05) is 6.92 Å². The maximum Gasteiger partial charge on any atom is 0.223 e. The van der Waals surface area contributed by atoms with Crippen molar-refractivity contribution < 1.29 is 9.59 Å². The van der Waals surface area contributed by atoms with Gasteiger partial charge in [0.2, 0.25) is 11.8 Å². The van der Waals surface area contributed by atoms with Crippen LogP contribution < -0.4 is 11.1 Å². The molecule has 0 bridgehead atoms. The summed E-state index contributed by atoms with van der Waals surface area (Å²) in [5.74, 6) is -0.226. The van der Waals surface area contributed by atoms with Gasteiger partial charge in [0.15, 0.2) is 0 Å². The van der Waals surface area contributed by atoms with Crippen molar-refractivity contribution in [1.82, 2.24) is 5.32 Å². The molecule has 1 saturated carbocycles. The molecular formula is C15H28N2O2. The number of amides is 2. The van der Waals surface area contributed by atoms with Gasteiger partial charge in [-0.1, -0.05) is 39.0 Å². The number of nitrogens with two attached hydrogens (primary N) is 1. The highest BCUT2D eigenvalue weighted by Crippen LogP contribution is 2.35. The van der Waals surface area contributed by atoms with Gasteiger partial charge in [-0.25, -0.2) is 0 Å². The summed E-state index contributed by atoms with van der Waals surface area (Å²) in [6.45, 7) is 4.61. The fraction of sp³-hybridized carbons (Fsp3) is 0.867. The van der Waals surface area contributed by atoms with Gasteiger partial charge < -0.3 is 11.1 Å². The summed E-state index contributed by atoms with van der Waals surface area (Å²) < 4.78 is 0. The highest BCUT2D eigenvalue weighted by molar-refractivity contribution is 5.86. The standard InChI is InChI=1S/C15H28N2O2/c1-3-5-9-12(14(16)18)13(15(19)17-4-2)10-11-7-6-8-11/h11-13H,3-10H2,1-2H3,(H2,16,18)(H,17,19)/t12-,13?/m0/s1. The molecule has 1 aliphatic carbocycles. The lowest BCUT2D eigenvalue weighted by Gasteiger charge is -2.32. The predicted octanol–water partition coefficient (Wildman–Crippen LogP) is 2.22. The van der Waals surface area contributed by atoms with Crippen LogP contribution in [0.4, 0.5) is 0 Å². The van der Waals surface area contributed by atoms with Crippen LogP contribution in [-0.2, 0) is 9.59 Å². The van der Waals surface area contributed by atoms with Gasteiger partial charge >= 0.3 is 0 Å². The third-order valence-corrected chi connectivity index (χ3v) is 4.22. The van der Waals surface area contributed by atoms with Crippen LogP contribution in [0.15, 0.2) is 0 Å². The van der Waals surface area contributed by atoms with Crippen molar-refractivity contribution in [3.05, 3.63) is 0 Å². The summed E-state index contributed by atoms with van der Waals surface area (Å²) in [6.07, 6.45) is 7.17. The largest absolute Gasteiger partial charge is 0.369 e. The summed E-state index contributed by atoms with van der Waals surface area (Å²) in [7, 11) is 0. The monoisotopic (exact) mass is 268 g/mol. The topological polar surface area (TPSA) is 72.2 Å². The van der Waals surface area contributed by atoms with Crippen molar-refractivity contribution in [3.8, 4) is 0 Å². The van der Waals surface area contributed by atoms with Crippen LogP contribution in [0, 0.1) is 17.8 Å². The molecule has 1 rings (SSSR count). The van der Waals surface area contributed by atoms with Crippen molar-refractivity contribution in [2.75, 3.05) is 6.54 Å². The molecule has 0 aliphatic heterocycles. The van der Waals surface area contributed by atoms with Gasteiger partial charge in [-0.3, -0.25) is 9.59 Å². The molecule has 110 valence electrons. The van der Waals surface area contributed by atoms with Gasteiger partial charge in [0, 0.05) is 18.4 Å². The second-order valence-electron chi connectivity index (χ2n) is 5.68. The van der Waals surface area contributed by atoms with Crippen LogP contribution in [0.5, 0.6) is 0 Å². The Morgan fingerprint density at radius 2 is 1.95 bits per heavy atom. The molecule has 19 heavy (non-hydrogen) atoms. The highest BCUT2D eigenvalue weighted by Gasteiger charge is 2.34. The van der Waals surface area contributed by atoms with Gasteiger partial charge in [-0.15, -0.1) is 0 Å². The molecule has 0 aromatic heterocycles. The van der Waals surface area contributed by atoms with Crippen molar-refractivity contribution in [3.63, 3.8) is 0 Å². The van der Waals surface area contributed by atoms with Gasteiger partial charge in [0.25, 0.3) is 0 Å². The van der Waals surface area contributed by atoms with E-state index in [9.17, 15) is 9.59 Å². The fourth-order valence-electron chi connectivity index (χ4n) is 2.81. The first-order valence-corrected chi connectivity index (χ1v) is 7.67. The zero-order valence-electron chi connectivity index (χ0n) is 12.3. The minimum atomic E-state index is -0.316. The molecule has 1 aliphatic rings. The lowest BCUT2D eigenvalue weighted by Crippen LogP contribution is -2.41. The van der Waals surface area contributed by atoms with Crippen LogP contribution in [0.1, 0.15) is 58.8 Å². The molecule has 0 aromatic carbocycles. The first-order chi connectivity index (χ1) is 9.10. The second-order valence-corrected chi connectivity index (χ2v) is 5.68. The molecule has 0 saturated heterocycles. The number of carbonyl (C=O) groups is 2. The van der Waals surface area contributed by atoms with Crippen molar-refractivity contribution in [1.29, 1.82) is 0 Å². The maximum atomic E-state index is 12.2. The van der Waals surface area contributed by atoms with Gasteiger partial charge in [0.05, 0.1) is 0 Å². The Hall–Kier alpha value is -1.06. The van der Waals surface area contributed by atoms with Crippen molar-refractivity contribution >= 4 is 11.8 Å². The minimum absolute atomic E-state index is 0.00861. The van der Waals surface area contributed by atoms with E-state index in [0.29, 0.717) is 12.5 Å². The van der Waals surface area contributed by atoms with E-state index in [4.69, 9.17) is 5.73 Å². The van der Waals surface area contributed by atoms with Gasteiger partial charge in [0.1, 0.15) is 0 Å². The Kier molecular flexibility index (Phi) is 6.89. The number of rotatable bonds is 9. The smallest absolute Gasteiger partial charge is 0.223 e. The molecular weight excluding hydrogens is 240 g/mol.